The topological polar surface area (TPSA) is 93.0 Å². The summed E-state index contributed by atoms with van der Waals surface area (Å²) in [5, 5.41) is 12.1. The quantitative estimate of drug-likeness (QED) is 0.751. The van der Waals surface area contributed by atoms with Crippen molar-refractivity contribution in [1.82, 2.24) is 4.31 Å². The number of hydrogen-bond acceptors (Lipinski definition) is 5. The van der Waals surface area contributed by atoms with Crippen molar-refractivity contribution < 1.29 is 23.2 Å². The predicted molar refractivity (Wildman–Crippen MR) is 72.7 cm³/mol. The van der Waals surface area contributed by atoms with Crippen molar-refractivity contribution in [2.24, 2.45) is 0 Å². The molecule has 0 aromatic carbocycles. The SMILES string of the molecule is C[C@@H](O)CNc1ccc(S(=O)(=O)N2CCOCC2)c[nH+]1. The molecule has 0 radical (unpaired) electrons. The number of sulfonamides is 1. The van der Waals surface area contributed by atoms with E-state index in [0.717, 1.165) is 0 Å². The van der Waals surface area contributed by atoms with Crippen LogP contribution < -0.4 is 10.3 Å². The number of pyridine rings is 1. The monoisotopic (exact) mass is 302 g/mol. The molecule has 2 rings (SSSR count). The van der Waals surface area contributed by atoms with Gasteiger partial charge < -0.3 is 9.84 Å². The number of aromatic amines is 1. The molecule has 0 spiro atoms. The fraction of sp³-hybridized carbons (Fsp3) is 0.583. The van der Waals surface area contributed by atoms with E-state index >= 15 is 0 Å². The van der Waals surface area contributed by atoms with Crippen molar-refractivity contribution in [3.8, 4) is 0 Å². The Balaban J connectivity index is 2.08. The fourth-order valence-electron chi connectivity index (χ4n) is 1.87. The van der Waals surface area contributed by atoms with Gasteiger partial charge in [0.2, 0.25) is 10.0 Å². The zero-order chi connectivity index (χ0) is 14.6. The van der Waals surface area contributed by atoms with Gasteiger partial charge in [-0.3, -0.25) is 5.32 Å². The number of H-pyrrole nitrogens is 1. The van der Waals surface area contributed by atoms with Crippen LogP contribution in [-0.4, -0.2) is 56.8 Å². The molecule has 0 unspecified atom stereocenters. The van der Waals surface area contributed by atoms with Gasteiger partial charge in [0.15, 0.2) is 0 Å². The molecule has 7 nitrogen and oxygen atoms in total. The number of nitrogens with one attached hydrogen (secondary N) is 2. The van der Waals surface area contributed by atoms with Crippen LogP contribution in [0.5, 0.6) is 0 Å². The van der Waals surface area contributed by atoms with E-state index in [9.17, 15) is 13.5 Å². The highest BCUT2D eigenvalue weighted by molar-refractivity contribution is 7.89. The second-order valence-corrected chi connectivity index (χ2v) is 6.62. The lowest BCUT2D eigenvalue weighted by atomic mass is 10.4. The molecule has 112 valence electrons. The van der Waals surface area contributed by atoms with Gasteiger partial charge in [0.05, 0.1) is 19.3 Å². The first-order valence-electron chi connectivity index (χ1n) is 6.52. The Hall–Kier alpha value is -1.22. The molecule has 2 heterocycles. The first-order chi connectivity index (χ1) is 9.50. The zero-order valence-electron chi connectivity index (χ0n) is 11.4. The molecule has 0 aliphatic carbocycles. The third-order valence-corrected chi connectivity index (χ3v) is 4.87. The van der Waals surface area contributed by atoms with Gasteiger partial charge in [0.1, 0.15) is 17.6 Å². The molecular weight excluding hydrogens is 282 g/mol. The first-order valence-corrected chi connectivity index (χ1v) is 7.96. The molecule has 1 aliphatic heterocycles. The van der Waals surface area contributed by atoms with E-state index in [4.69, 9.17) is 4.74 Å². The molecular formula is C12H20N3O4S+. The van der Waals surface area contributed by atoms with Crippen LogP contribution in [0.25, 0.3) is 0 Å². The lowest BCUT2D eigenvalue weighted by Crippen LogP contribution is -2.40. The highest BCUT2D eigenvalue weighted by atomic mass is 32.2. The third kappa shape index (κ3) is 3.66. The number of aromatic nitrogens is 1. The highest BCUT2D eigenvalue weighted by Gasteiger charge is 2.27. The third-order valence-electron chi connectivity index (χ3n) is 2.98. The summed E-state index contributed by atoms with van der Waals surface area (Å²) in [5.41, 5.74) is 0. The summed E-state index contributed by atoms with van der Waals surface area (Å²) in [5.74, 6) is 0.659. The van der Waals surface area contributed by atoms with Gasteiger partial charge in [-0.05, 0) is 13.0 Å². The van der Waals surface area contributed by atoms with Crippen LogP contribution in [0.3, 0.4) is 0 Å². The summed E-state index contributed by atoms with van der Waals surface area (Å²) < 4.78 is 31.3. The van der Waals surface area contributed by atoms with Crippen LogP contribution >= 0.6 is 0 Å². The Morgan fingerprint density at radius 3 is 2.70 bits per heavy atom. The van der Waals surface area contributed by atoms with E-state index in [-0.39, 0.29) is 4.90 Å². The van der Waals surface area contributed by atoms with Crippen molar-refractivity contribution in [1.29, 1.82) is 0 Å². The maximum atomic E-state index is 12.4. The van der Waals surface area contributed by atoms with Gasteiger partial charge in [-0.1, -0.05) is 0 Å². The summed E-state index contributed by atoms with van der Waals surface area (Å²) in [7, 11) is -3.47. The normalized spacial score (nSPS) is 18.7. The molecule has 8 heteroatoms. The molecule has 0 saturated carbocycles. The first kappa shape index (κ1) is 15.2. The molecule has 1 saturated heterocycles. The summed E-state index contributed by atoms with van der Waals surface area (Å²) in [6, 6.07) is 3.20. The molecule has 1 aromatic heterocycles. The predicted octanol–water partition coefficient (Wildman–Crippen LogP) is -0.686. The van der Waals surface area contributed by atoms with Gasteiger partial charge in [0, 0.05) is 19.2 Å². The Labute approximate surface area is 118 Å². The van der Waals surface area contributed by atoms with Crippen LogP contribution in [0, 0.1) is 0 Å². The van der Waals surface area contributed by atoms with Gasteiger partial charge >= 0.3 is 0 Å². The van der Waals surface area contributed by atoms with Crippen LogP contribution in [0.2, 0.25) is 0 Å². The fourth-order valence-corrected chi connectivity index (χ4v) is 3.25. The van der Waals surface area contributed by atoms with Crippen molar-refractivity contribution in [2.45, 2.75) is 17.9 Å². The highest BCUT2D eigenvalue weighted by Crippen LogP contribution is 2.15. The lowest BCUT2D eigenvalue weighted by molar-refractivity contribution is -0.364. The zero-order valence-corrected chi connectivity index (χ0v) is 12.2. The molecule has 0 amide bonds. The second kappa shape index (κ2) is 6.49. The Kier molecular flexibility index (Phi) is 4.92. The maximum absolute atomic E-state index is 12.4. The minimum absolute atomic E-state index is 0.224. The maximum Gasteiger partial charge on any atom is 0.272 e. The molecule has 20 heavy (non-hydrogen) atoms. The van der Waals surface area contributed by atoms with Gasteiger partial charge in [0.25, 0.3) is 5.82 Å². The Bertz CT molecular complexity index is 524. The largest absolute Gasteiger partial charge is 0.389 e. The summed E-state index contributed by atoms with van der Waals surface area (Å²) in [6.45, 7) is 3.68. The summed E-state index contributed by atoms with van der Waals surface area (Å²) in [4.78, 5) is 3.10. The Morgan fingerprint density at radius 2 is 2.15 bits per heavy atom. The van der Waals surface area contributed by atoms with E-state index < -0.39 is 16.1 Å². The van der Waals surface area contributed by atoms with E-state index in [0.29, 0.717) is 38.7 Å². The van der Waals surface area contributed by atoms with Crippen molar-refractivity contribution >= 4 is 15.8 Å². The lowest BCUT2D eigenvalue weighted by Gasteiger charge is -2.25. The van der Waals surface area contributed by atoms with Crippen molar-refractivity contribution in [2.75, 3.05) is 38.2 Å². The van der Waals surface area contributed by atoms with E-state index in [1.165, 1.54) is 10.5 Å². The number of anilines is 1. The van der Waals surface area contributed by atoms with E-state index in [2.05, 4.69) is 10.3 Å². The van der Waals surface area contributed by atoms with Crippen LogP contribution in [0.15, 0.2) is 23.2 Å². The second-order valence-electron chi connectivity index (χ2n) is 4.68. The molecule has 1 atom stereocenters. The molecule has 1 fully saturated rings. The minimum Gasteiger partial charge on any atom is -0.389 e. The van der Waals surface area contributed by atoms with E-state index in [1.54, 1.807) is 19.1 Å². The molecule has 0 bridgehead atoms. The Morgan fingerprint density at radius 1 is 1.45 bits per heavy atom. The number of morpholine rings is 1. The summed E-state index contributed by atoms with van der Waals surface area (Å²) in [6.07, 6.45) is 0.981. The van der Waals surface area contributed by atoms with Crippen LogP contribution in [-0.2, 0) is 14.8 Å². The van der Waals surface area contributed by atoms with E-state index in [1.807, 2.05) is 0 Å². The van der Waals surface area contributed by atoms with Gasteiger partial charge in [-0.2, -0.15) is 4.31 Å². The van der Waals surface area contributed by atoms with Crippen LogP contribution in [0.4, 0.5) is 5.82 Å². The van der Waals surface area contributed by atoms with Crippen LogP contribution in [0.1, 0.15) is 6.92 Å². The number of nitrogens with zero attached hydrogens (tertiary/aromatic N) is 1. The molecule has 1 aromatic rings. The van der Waals surface area contributed by atoms with Crippen molar-refractivity contribution in [3.63, 3.8) is 0 Å². The van der Waals surface area contributed by atoms with Gasteiger partial charge in [-0.25, -0.2) is 13.4 Å². The number of ether oxygens (including phenoxy) is 1. The van der Waals surface area contributed by atoms with Gasteiger partial charge in [-0.15, -0.1) is 0 Å². The molecule has 3 N–H and O–H groups in total. The molecule has 1 aliphatic rings. The number of aliphatic hydroxyl groups excluding tert-OH is 1. The summed E-state index contributed by atoms with van der Waals surface area (Å²) >= 11 is 0. The number of hydrogen-bond donors (Lipinski definition) is 2. The average molecular weight is 302 g/mol. The number of rotatable bonds is 5. The van der Waals surface area contributed by atoms with Crippen molar-refractivity contribution in [3.05, 3.63) is 18.3 Å². The average Bonchev–Trinajstić information content (AvgIpc) is 2.46. The smallest absolute Gasteiger partial charge is 0.272 e. The standard InChI is InChI=1S/C12H19N3O4S/c1-10(16)8-13-12-3-2-11(9-14-12)20(17,18)15-4-6-19-7-5-15/h2-3,9-10,16H,4-8H2,1H3,(H,13,14)/p+1/t10-/m1/s1. The minimum atomic E-state index is -3.47. The number of aliphatic hydroxyl groups is 1.